The van der Waals surface area contributed by atoms with E-state index >= 15 is 0 Å². The fourth-order valence-corrected chi connectivity index (χ4v) is 3.12. The summed E-state index contributed by atoms with van der Waals surface area (Å²) in [6.45, 7) is 4.21. The lowest BCUT2D eigenvalue weighted by Crippen LogP contribution is -2.48. The van der Waals surface area contributed by atoms with Gasteiger partial charge < -0.3 is 4.90 Å². The Labute approximate surface area is 138 Å². The van der Waals surface area contributed by atoms with Gasteiger partial charge >= 0.3 is 0 Å². The zero-order chi connectivity index (χ0) is 15.4. The maximum Gasteiger partial charge on any atom is 0.255 e. The monoisotopic (exact) mass is 359 g/mol. The van der Waals surface area contributed by atoms with Crippen molar-refractivity contribution in [2.75, 3.05) is 26.2 Å². The lowest BCUT2D eigenvalue weighted by molar-refractivity contribution is 0.0627. The molecule has 0 radical (unpaired) electrons. The Morgan fingerprint density at radius 2 is 1.86 bits per heavy atom. The number of carbonyl (C=O) groups excluding carboxylic acids is 1. The third kappa shape index (κ3) is 3.54. The third-order valence-corrected chi connectivity index (χ3v) is 4.58. The van der Waals surface area contributed by atoms with E-state index in [9.17, 15) is 4.79 Å². The summed E-state index contributed by atoms with van der Waals surface area (Å²) in [4.78, 5) is 21.0. The molecule has 1 amide bonds. The van der Waals surface area contributed by atoms with E-state index in [1.165, 1.54) is 5.56 Å². The molecule has 0 unspecified atom stereocenters. The molecular formula is C17H18BrN3O. The van der Waals surface area contributed by atoms with Crippen molar-refractivity contribution in [1.29, 1.82) is 0 Å². The maximum atomic E-state index is 12.6. The summed E-state index contributed by atoms with van der Waals surface area (Å²) in [5.41, 5.74) is 1.95. The molecule has 5 heteroatoms. The second-order valence-electron chi connectivity index (χ2n) is 5.41. The Hall–Kier alpha value is -1.72. The highest BCUT2D eigenvalue weighted by Gasteiger charge is 2.23. The molecule has 1 fully saturated rings. The minimum absolute atomic E-state index is 0.105. The van der Waals surface area contributed by atoms with Crippen LogP contribution >= 0.6 is 15.9 Å². The molecule has 2 heterocycles. The van der Waals surface area contributed by atoms with Crippen LogP contribution in [0.15, 0.2) is 53.3 Å². The van der Waals surface area contributed by atoms with Crippen molar-refractivity contribution in [2.24, 2.45) is 0 Å². The first kappa shape index (κ1) is 15.2. The molecule has 1 aliphatic rings. The van der Waals surface area contributed by atoms with E-state index in [-0.39, 0.29) is 5.91 Å². The molecule has 0 aliphatic carbocycles. The highest BCUT2D eigenvalue weighted by Crippen LogP contribution is 2.19. The van der Waals surface area contributed by atoms with Gasteiger partial charge in [-0.2, -0.15) is 0 Å². The van der Waals surface area contributed by atoms with Gasteiger partial charge in [0.15, 0.2) is 0 Å². The lowest BCUT2D eigenvalue weighted by Gasteiger charge is -2.34. The van der Waals surface area contributed by atoms with Crippen LogP contribution in [0, 0.1) is 0 Å². The quantitative estimate of drug-likeness (QED) is 0.845. The second-order valence-corrected chi connectivity index (χ2v) is 6.26. The van der Waals surface area contributed by atoms with Crippen molar-refractivity contribution in [3.8, 4) is 0 Å². The van der Waals surface area contributed by atoms with Crippen molar-refractivity contribution in [3.63, 3.8) is 0 Å². The Balaban J connectivity index is 1.58. The number of rotatable bonds is 3. The van der Waals surface area contributed by atoms with E-state index in [1.807, 2.05) is 41.4 Å². The van der Waals surface area contributed by atoms with Gasteiger partial charge in [0.25, 0.3) is 5.91 Å². The van der Waals surface area contributed by atoms with Crippen LogP contribution in [-0.2, 0) is 6.54 Å². The number of benzene rings is 1. The largest absolute Gasteiger partial charge is 0.336 e. The first-order valence-electron chi connectivity index (χ1n) is 7.39. The molecule has 1 saturated heterocycles. The summed E-state index contributed by atoms with van der Waals surface area (Å²) in [5, 5.41) is 0. The standard InChI is InChI=1S/C17H18BrN3O/c18-16-6-2-1-5-15(16)17(22)21-10-8-20(9-11-21)13-14-4-3-7-19-12-14/h1-7,12H,8-11,13H2. The SMILES string of the molecule is O=C(c1ccccc1Br)N1CCN(Cc2cccnc2)CC1. The average molecular weight is 360 g/mol. The molecule has 22 heavy (non-hydrogen) atoms. The predicted molar refractivity (Wildman–Crippen MR) is 89.6 cm³/mol. The van der Waals surface area contributed by atoms with Crippen LogP contribution in [0.1, 0.15) is 15.9 Å². The van der Waals surface area contributed by atoms with Crippen LogP contribution in [0.4, 0.5) is 0 Å². The molecule has 0 spiro atoms. The Morgan fingerprint density at radius 1 is 1.09 bits per heavy atom. The first-order chi connectivity index (χ1) is 10.7. The molecule has 1 aliphatic heterocycles. The minimum atomic E-state index is 0.105. The van der Waals surface area contributed by atoms with E-state index in [2.05, 4.69) is 31.9 Å². The molecule has 3 rings (SSSR count). The van der Waals surface area contributed by atoms with Gasteiger partial charge in [-0.25, -0.2) is 0 Å². The summed E-state index contributed by atoms with van der Waals surface area (Å²) in [7, 11) is 0. The van der Waals surface area contributed by atoms with E-state index in [0.717, 1.165) is 42.8 Å². The summed E-state index contributed by atoms with van der Waals surface area (Å²) >= 11 is 3.45. The summed E-state index contributed by atoms with van der Waals surface area (Å²) in [6.07, 6.45) is 3.69. The maximum absolute atomic E-state index is 12.6. The Morgan fingerprint density at radius 3 is 2.55 bits per heavy atom. The molecule has 114 valence electrons. The van der Waals surface area contributed by atoms with Gasteiger partial charge in [-0.15, -0.1) is 0 Å². The summed E-state index contributed by atoms with van der Waals surface area (Å²) < 4.78 is 0.859. The normalized spacial score (nSPS) is 15.8. The van der Waals surface area contributed by atoms with Gasteiger partial charge in [0.1, 0.15) is 0 Å². The van der Waals surface area contributed by atoms with Crippen LogP contribution in [0.25, 0.3) is 0 Å². The van der Waals surface area contributed by atoms with E-state index in [1.54, 1.807) is 6.20 Å². The number of amides is 1. The van der Waals surface area contributed by atoms with Gasteiger partial charge in [0.05, 0.1) is 5.56 Å². The van der Waals surface area contributed by atoms with Gasteiger partial charge in [-0.05, 0) is 39.7 Å². The van der Waals surface area contributed by atoms with Crippen LogP contribution in [0.5, 0.6) is 0 Å². The van der Waals surface area contributed by atoms with Crippen LogP contribution < -0.4 is 0 Å². The number of nitrogens with zero attached hydrogens (tertiary/aromatic N) is 3. The molecule has 0 bridgehead atoms. The number of hydrogen-bond donors (Lipinski definition) is 0. The van der Waals surface area contributed by atoms with E-state index in [4.69, 9.17) is 0 Å². The number of carbonyl (C=O) groups is 1. The molecule has 4 nitrogen and oxygen atoms in total. The third-order valence-electron chi connectivity index (χ3n) is 3.89. The highest BCUT2D eigenvalue weighted by molar-refractivity contribution is 9.10. The average Bonchev–Trinajstić information content (AvgIpc) is 2.56. The fraction of sp³-hybridized carbons (Fsp3) is 0.294. The van der Waals surface area contributed by atoms with Gasteiger partial charge in [-0.1, -0.05) is 18.2 Å². The van der Waals surface area contributed by atoms with Crippen LogP contribution in [0.3, 0.4) is 0 Å². The molecule has 1 aromatic heterocycles. The Kier molecular flexibility index (Phi) is 4.85. The van der Waals surface area contributed by atoms with Crippen molar-refractivity contribution in [2.45, 2.75) is 6.54 Å². The fourth-order valence-electron chi connectivity index (χ4n) is 2.66. The Bertz CT molecular complexity index is 639. The van der Waals surface area contributed by atoms with Crippen molar-refractivity contribution >= 4 is 21.8 Å². The van der Waals surface area contributed by atoms with E-state index < -0.39 is 0 Å². The zero-order valence-electron chi connectivity index (χ0n) is 12.3. The molecule has 0 atom stereocenters. The van der Waals surface area contributed by atoms with Crippen LogP contribution in [0.2, 0.25) is 0 Å². The number of aromatic nitrogens is 1. The van der Waals surface area contributed by atoms with Gasteiger partial charge in [-0.3, -0.25) is 14.7 Å². The number of halogens is 1. The van der Waals surface area contributed by atoms with Crippen LogP contribution in [-0.4, -0.2) is 46.9 Å². The molecule has 1 aromatic carbocycles. The predicted octanol–water partition coefficient (Wildman–Crippen LogP) is 2.80. The van der Waals surface area contributed by atoms with E-state index in [0.29, 0.717) is 0 Å². The lowest BCUT2D eigenvalue weighted by atomic mass is 10.1. The number of piperazine rings is 1. The molecular weight excluding hydrogens is 342 g/mol. The summed E-state index contributed by atoms with van der Waals surface area (Å²) in [6, 6.07) is 11.7. The topological polar surface area (TPSA) is 36.4 Å². The highest BCUT2D eigenvalue weighted by atomic mass is 79.9. The zero-order valence-corrected chi connectivity index (χ0v) is 13.9. The first-order valence-corrected chi connectivity index (χ1v) is 8.18. The number of pyridine rings is 1. The summed E-state index contributed by atoms with van der Waals surface area (Å²) in [5.74, 6) is 0.105. The van der Waals surface area contributed by atoms with Crippen molar-refractivity contribution in [1.82, 2.24) is 14.8 Å². The molecule has 0 saturated carbocycles. The number of hydrogen-bond acceptors (Lipinski definition) is 3. The van der Waals surface area contributed by atoms with Crippen molar-refractivity contribution in [3.05, 3.63) is 64.4 Å². The van der Waals surface area contributed by atoms with Crippen molar-refractivity contribution < 1.29 is 4.79 Å². The minimum Gasteiger partial charge on any atom is -0.336 e. The van der Waals surface area contributed by atoms with Gasteiger partial charge in [0, 0.05) is 49.6 Å². The van der Waals surface area contributed by atoms with Gasteiger partial charge in [0.2, 0.25) is 0 Å². The molecule has 0 N–H and O–H groups in total. The second kappa shape index (κ2) is 7.03. The molecule has 2 aromatic rings. The smallest absolute Gasteiger partial charge is 0.255 e.